The van der Waals surface area contributed by atoms with E-state index in [1.165, 1.54) is 13.8 Å². The van der Waals surface area contributed by atoms with Gasteiger partial charge in [0.2, 0.25) is 11.8 Å². The Kier molecular flexibility index (Phi) is 8.77. The number of amides is 3. The van der Waals surface area contributed by atoms with Gasteiger partial charge in [0.05, 0.1) is 28.6 Å². The van der Waals surface area contributed by atoms with Gasteiger partial charge in [-0.15, -0.1) is 0 Å². The minimum atomic E-state index is -0.921. The molecule has 50 heavy (non-hydrogen) atoms. The lowest BCUT2D eigenvalue weighted by Crippen LogP contribution is -2.49. The van der Waals surface area contributed by atoms with Crippen LogP contribution in [-0.2, 0) is 23.7 Å². The molecule has 3 amide bonds. The van der Waals surface area contributed by atoms with E-state index in [0.29, 0.717) is 58.2 Å². The molecule has 7 rings (SSSR count). The number of aryl methyl sites for hydroxylation is 2. The van der Waals surface area contributed by atoms with Gasteiger partial charge in [0, 0.05) is 71.4 Å². The van der Waals surface area contributed by atoms with Gasteiger partial charge in [-0.1, -0.05) is 18.2 Å². The van der Waals surface area contributed by atoms with Gasteiger partial charge in [-0.3, -0.25) is 33.6 Å². The number of carbonyl (C=O) groups excluding carboxylic acids is 3. The predicted octanol–water partition coefficient (Wildman–Crippen LogP) is 2.04. The third-order valence-electron chi connectivity index (χ3n) is 10.2. The van der Waals surface area contributed by atoms with E-state index in [9.17, 15) is 24.0 Å². The van der Waals surface area contributed by atoms with Crippen molar-refractivity contribution < 1.29 is 15.8 Å². The van der Waals surface area contributed by atoms with Crippen LogP contribution in [0.4, 0.5) is 11.4 Å². The average molecular weight is 748 g/mol. The van der Waals surface area contributed by atoms with Crippen molar-refractivity contribution in [2.45, 2.75) is 37.3 Å². The molecule has 3 fully saturated rings. The third-order valence-corrected chi connectivity index (χ3v) is 10.9. The van der Waals surface area contributed by atoms with Gasteiger partial charge in [0.25, 0.3) is 11.5 Å². The Morgan fingerprint density at radius 2 is 1.74 bits per heavy atom. The Bertz CT molecular complexity index is 2140. The number of carbonyl (C=O) groups is 3. The van der Waals surface area contributed by atoms with Crippen LogP contribution in [0.5, 0.6) is 0 Å². The number of benzene rings is 2. The molecule has 262 valence electrons. The van der Waals surface area contributed by atoms with Gasteiger partial charge in [-0.05, 0) is 71.6 Å². The smallest absolute Gasteiger partial charge is 0.329 e. The molecule has 2 aromatic heterocycles. The Labute approximate surface area is 298 Å². The highest BCUT2D eigenvalue weighted by atomic mass is 79.9. The lowest BCUT2D eigenvalue weighted by atomic mass is 9.87. The number of likely N-dealkylation sites (tertiary alicyclic amines) is 1. The van der Waals surface area contributed by atoms with Crippen molar-refractivity contribution >= 4 is 56.1 Å². The zero-order valence-electron chi connectivity index (χ0n) is 29.2. The first-order chi connectivity index (χ1) is 24.4. The van der Waals surface area contributed by atoms with Crippen molar-refractivity contribution in [1.29, 1.82) is 0 Å². The molecule has 2 N–H and O–H groups in total. The molecule has 2 aromatic carbocycles. The summed E-state index contributed by atoms with van der Waals surface area (Å²) in [5, 5.41) is 8.01. The second-order valence-corrected chi connectivity index (χ2v) is 14.2. The first-order valence-electron chi connectivity index (χ1n) is 17.2. The van der Waals surface area contributed by atoms with E-state index in [4.69, 9.17) is 1.41 Å². The highest BCUT2D eigenvalue weighted by molar-refractivity contribution is 9.10. The number of imidazole rings is 1. The SMILES string of the molecule is [2H]N1C(=O)CCC(n2c(=O)n(C)c3c(N4CCN(C(=O)c5ccc([C@H]6C[C@@H](Nc7cnn(C)c(=O)c7Br)CN(C)C6)cc5)CC4)cccc32)C1=O. The van der Waals surface area contributed by atoms with Gasteiger partial charge in [0.15, 0.2) is 1.41 Å². The monoisotopic (exact) mass is 746 g/mol. The molecular weight excluding hydrogens is 706 g/mol. The number of hydrogen-bond donors (Lipinski definition) is 2. The fraction of sp³-hybridized carbons (Fsp3) is 0.429. The van der Waals surface area contributed by atoms with Crippen molar-refractivity contribution in [3.05, 3.63) is 85.1 Å². The van der Waals surface area contributed by atoms with Crippen molar-refractivity contribution in [3.8, 4) is 0 Å². The van der Waals surface area contributed by atoms with Crippen molar-refractivity contribution in [2.24, 2.45) is 14.1 Å². The van der Waals surface area contributed by atoms with Crippen LogP contribution < -0.4 is 26.8 Å². The fourth-order valence-electron chi connectivity index (χ4n) is 7.58. The number of imide groups is 1. The molecule has 3 aliphatic rings. The second kappa shape index (κ2) is 13.5. The van der Waals surface area contributed by atoms with Gasteiger partial charge >= 0.3 is 5.69 Å². The summed E-state index contributed by atoms with van der Waals surface area (Å²) < 4.78 is 12.5. The van der Waals surface area contributed by atoms with Gasteiger partial charge in [-0.25, -0.2) is 9.48 Å². The van der Waals surface area contributed by atoms with Crippen molar-refractivity contribution in [3.63, 3.8) is 0 Å². The summed E-state index contributed by atoms with van der Waals surface area (Å²) in [5.41, 5.74) is 3.94. The number of anilines is 2. The standard InChI is InChI=1S/C35H40BrN9O5/c1-40-19-23(17-24(20-40)38-25-18-37-42(3)34(49)30(25)36)21-7-9-22(10-8-21)33(48)44-15-13-43(14-16-44)26-5-4-6-27-31(26)41(2)35(50)45(27)28-11-12-29(46)39-32(28)47/h4-10,18,23-24,28,38H,11-17,19-20H2,1-3H3,(H,39,46,47)/t23-,24+,28?/m0/s1/i/hD. The zero-order chi connectivity index (χ0) is 36.1. The lowest BCUT2D eigenvalue weighted by Gasteiger charge is -2.37. The van der Waals surface area contributed by atoms with Crippen molar-refractivity contribution in [2.75, 3.05) is 56.5 Å². The minimum Gasteiger partial charge on any atom is -0.379 e. The molecular formula is C35H40BrN9O5. The summed E-state index contributed by atoms with van der Waals surface area (Å²) >= 11 is 3.41. The maximum atomic E-state index is 13.6. The summed E-state index contributed by atoms with van der Waals surface area (Å²) in [6.45, 7) is 3.81. The Hall–Kier alpha value is -4.76. The van der Waals surface area contributed by atoms with E-state index in [1.807, 2.05) is 41.3 Å². The molecule has 4 aromatic rings. The molecule has 0 spiro atoms. The van der Waals surface area contributed by atoms with Crippen LogP contribution >= 0.6 is 15.9 Å². The lowest BCUT2D eigenvalue weighted by molar-refractivity contribution is -0.135. The molecule has 0 radical (unpaired) electrons. The molecule has 0 aliphatic carbocycles. The molecule has 3 atom stereocenters. The van der Waals surface area contributed by atoms with Gasteiger partial charge in [0.1, 0.15) is 10.5 Å². The highest BCUT2D eigenvalue weighted by Crippen LogP contribution is 2.32. The molecule has 3 saturated heterocycles. The number of piperazine rings is 1. The van der Waals surface area contributed by atoms with E-state index in [0.717, 1.165) is 30.8 Å². The second-order valence-electron chi connectivity index (χ2n) is 13.5. The van der Waals surface area contributed by atoms with Crippen LogP contribution in [0.2, 0.25) is 1.41 Å². The normalized spacial score (nSPS) is 22.3. The summed E-state index contributed by atoms with van der Waals surface area (Å²) in [6.07, 6.45) is 2.71. The number of hydrogen-bond acceptors (Lipinski definition) is 9. The minimum absolute atomic E-state index is 0.0202. The number of aromatic nitrogens is 4. The average Bonchev–Trinajstić information content (AvgIpc) is 3.39. The maximum Gasteiger partial charge on any atom is 0.329 e. The fourth-order valence-corrected chi connectivity index (χ4v) is 8.05. The maximum absolute atomic E-state index is 13.6. The summed E-state index contributed by atoms with van der Waals surface area (Å²) in [5.74, 6) is -1.07. The molecule has 5 heterocycles. The molecule has 0 saturated carbocycles. The summed E-state index contributed by atoms with van der Waals surface area (Å²) in [6, 6.07) is 12.6. The largest absolute Gasteiger partial charge is 0.379 e. The van der Waals surface area contributed by atoms with E-state index < -0.39 is 17.9 Å². The number of piperidine rings is 2. The third kappa shape index (κ3) is 6.23. The number of para-hydroxylation sites is 1. The molecule has 0 bridgehead atoms. The number of halogens is 1. The summed E-state index contributed by atoms with van der Waals surface area (Å²) in [7, 11) is 5.36. The topological polar surface area (TPSA) is 147 Å². The molecule has 14 nitrogen and oxygen atoms in total. The van der Waals surface area contributed by atoms with E-state index in [-0.39, 0.29) is 42.0 Å². The predicted molar refractivity (Wildman–Crippen MR) is 193 cm³/mol. The number of rotatable bonds is 6. The molecule has 1 unspecified atom stereocenters. The number of fused-ring (bicyclic) bond motifs is 1. The van der Waals surface area contributed by atoms with E-state index in [2.05, 4.69) is 43.2 Å². The van der Waals surface area contributed by atoms with Crippen LogP contribution in [0.1, 0.15) is 47.1 Å². The first kappa shape index (κ1) is 32.4. The highest BCUT2D eigenvalue weighted by Gasteiger charge is 2.33. The van der Waals surface area contributed by atoms with Crippen molar-refractivity contribution in [1.82, 2.24) is 34.0 Å². The Morgan fingerprint density at radius 1 is 1.00 bits per heavy atom. The van der Waals surface area contributed by atoms with Crippen LogP contribution in [0.25, 0.3) is 11.0 Å². The van der Waals surface area contributed by atoms with Crippen LogP contribution in [0, 0.1) is 0 Å². The van der Waals surface area contributed by atoms with Crippen LogP contribution in [0.3, 0.4) is 0 Å². The van der Waals surface area contributed by atoms with Crippen LogP contribution in [-0.4, -0.2) is 98.8 Å². The quantitative estimate of drug-likeness (QED) is 0.283. The summed E-state index contributed by atoms with van der Waals surface area (Å²) in [4.78, 5) is 70.4. The van der Waals surface area contributed by atoms with Crippen LogP contribution in [0.15, 0.2) is 62.7 Å². The first-order valence-corrected chi connectivity index (χ1v) is 17.6. The number of likely N-dealkylation sites (N-methyl/N-ethyl adjacent to an activating group) is 1. The van der Waals surface area contributed by atoms with E-state index >= 15 is 0 Å². The Morgan fingerprint density at radius 3 is 2.48 bits per heavy atom. The van der Waals surface area contributed by atoms with Gasteiger partial charge in [-0.2, -0.15) is 5.10 Å². The van der Waals surface area contributed by atoms with E-state index in [1.54, 1.807) is 26.4 Å². The zero-order valence-corrected chi connectivity index (χ0v) is 29.8. The number of nitrogens with zero attached hydrogens (tertiary/aromatic N) is 7. The molecule has 15 heteroatoms. The van der Waals surface area contributed by atoms with Gasteiger partial charge < -0.3 is 20.0 Å². The molecule has 3 aliphatic heterocycles. The number of nitrogens with one attached hydrogen (secondary N) is 2. The Balaban J connectivity index is 1.01.